The van der Waals surface area contributed by atoms with Gasteiger partial charge in [-0.05, 0) is 53.3 Å². The Hall–Kier alpha value is -2.95. The lowest BCUT2D eigenvalue weighted by Crippen LogP contribution is -2.39. The average Bonchev–Trinajstić information content (AvgIpc) is 3.21. The van der Waals surface area contributed by atoms with E-state index < -0.39 is 0 Å². The van der Waals surface area contributed by atoms with Gasteiger partial charge in [0.15, 0.2) is 11.5 Å². The molecule has 164 valence electrons. The van der Waals surface area contributed by atoms with E-state index in [1.54, 1.807) is 7.11 Å². The molecule has 0 saturated carbocycles. The Labute approximate surface area is 194 Å². The number of ether oxygens (including phenoxy) is 2. The molecule has 3 heterocycles. The predicted molar refractivity (Wildman–Crippen MR) is 130 cm³/mol. The molecular formula is C27H27ClN2O2. The van der Waals surface area contributed by atoms with Crippen molar-refractivity contribution in [2.75, 3.05) is 13.7 Å². The fourth-order valence-electron chi connectivity index (χ4n) is 5.20. The number of fused-ring (bicyclic) bond motifs is 6. The zero-order valence-electron chi connectivity index (χ0n) is 18.1. The van der Waals surface area contributed by atoms with Crippen LogP contribution in [0.2, 0.25) is 0 Å². The minimum Gasteiger partial charge on any atom is -0.493 e. The molecule has 0 saturated heterocycles. The van der Waals surface area contributed by atoms with E-state index >= 15 is 0 Å². The number of rotatable bonds is 4. The van der Waals surface area contributed by atoms with Gasteiger partial charge in [-0.15, -0.1) is 12.4 Å². The second kappa shape index (κ2) is 8.53. The number of nitrogens with one attached hydrogen (secondary N) is 1. The Balaban J connectivity index is 0.00000216. The molecule has 1 N–H and O–H groups in total. The lowest BCUT2D eigenvalue weighted by Gasteiger charge is -2.40. The Morgan fingerprint density at radius 2 is 1.75 bits per heavy atom. The van der Waals surface area contributed by atoms with Crippen LogP contribution in [0, 0.1) is 0 Å². The monoisotopic (exact) mass is 446 g/mol. The smallest absolute Gasteiger partial charge is 0.162 e. The molecule has 0 aliphatic carbocycles. The number of aromatic nitrogens is 1. The number of hydrogen-bond donors (Lipinski definition) is 1. The summed E-state index contributed by atoms with van der Waals surface area (Å²) in [6.07, 6.45) is 2.09. The van der Waals surface area contributed by atoms with E-state index in [1.165, 1.54) is 33.3 Å². The highest BCUT2D eigenvalue weighted by molar-refractivity contribution is 5.85. The molecular weight excluding hydrogens is 420 g/mol. The fourth-order valence-corrected chi connectivity index (χ4v) is 5.20. The van der Waals surface area contributed by atoms with Crippen molar-refractivity contribution in [3.63, 3.8) is 0 Å². The topological polar surface area (TPSA) is 37.5 Å². The van der Waals surface area contributed by atoms with Gasteiger partial charge in [0.05, 0.1) is 13.2 Å². The van der Waals surface area contributed by atoms with Crippen LogP contribution in [0.3, 0.4) is 0 Å². The second-order valence-corrected chi connectivity index (χ2v) is 8.55. The van der Waals surface area contributed by atoms with Crippen LogP contribution in [0.1, 0.15) is 34.0 Å². The van der Waals surface area contributed by atoms with Crippen molar-refractivity contribution in [2.24, 2.45) is 0 Å². The van der Waals surface area contributed by atoms with Gasteiger partial charge in [0.25, 0.3) is 0 Å². The van der Waals surface area contributed by atoms with Crippen LogP contribution in [-0.2, 0) is 26.0 Å². The number of para-hydroxylation sites is 1. The van der Waals surface area contributed by atoms with Crippen LogP contribution < -0.4 is 9.47 Å². The molecule has 4 aromatic rings. The number of benzene rings is 3. The second-order valence-electron chi connectivity index (χ2n) is 8.55. The van der Waals surface area contributed by atoms with Gasteiger partial charge in [-0.1, -0.05) is 48.5 Å². The summed E-state index contributed by atoms with van der Waals surface area (Å²) >= 11 is 0. The first-order valence-corrected chi connectivity index (χ1v) is 11.0. The van der Waals surface area contributed by atoms with Crippen LogP contribution in [0.4, 0.5) is 0 Å². The van der Waals surface area contributed by atoms with Crippen molar-refractivity contribution in [3.8, 4) is 11.5 Å². The molecule has 0 amide bonds. The van der Waals surface area contributed by atoms with Gasteiger partial charge in [0, 0.05) is 29.7 Å². The summed E-state index contributed by atoms with van der Waals surface area (Å²) in [7, 11) is 1.72. The quantitative estimate of drug-likeness (QED) is 0.428. The number of nitrogens with zero attached hydrogens (tertiary/aromatic N) is 1. The van der Waals surface area contributed by atoms with Crippen molar-refractivity contribution in [2.45, 2.75) is 32.0 Å². The molecule has 1 aromatic heterocycles. The highest BCUT2D eigenvalue weighted by Gasteiger charge is 2.34. The summed E-state index contributed by atoms with van der Waals surface area (Å²) in [5.74, 6) is 1.64. The predicted octanol–water partition coefficient (Wildman–Crippen LogP) is 5.83. The molecule has 0 radical (unpaired) electrons. The van der Waals surface area contributed by atoms with Crippen LogP contribution >= 0.6 is 12.4 Å². The third-order valence-corrected chi connectivity index (χ3v) is 6.78. The van der Waals surface area contributed by atoms with Crippen LogP contribution in [0.15, 0.2) is 66.7 Å². The standard InChI is InChI=1S/C27H26N2O2.ClH/c1-30-25-14-19-13-24-27-22(21-9-5-6-10-23(21)28-27)11-12-29(24)16-20(19)15-26(25)31-17-18-7-3-2-4-8-18;/h2-10,14-15,24,28H,11-13,16-17H2,1H3;1H. The van der Waals surface area contributed by atoms with Gasteiger partial charge < -0.3 is 14.5 Å². The molecule has 1 atom stereocenters. The summed E-state index contributed by atoms with van der Waals surface area (Å²) in [5, 5.41) is 1.38. The lowest BCUT2D eigenvalue weighted by atomic mass is 9.87. The highest BCUT2D eigenvalue weighted by atomic mass is 35.5. The van der Waals surface area contributed by atoms with E-state index in [2.05, 4.69) is 58.4 Å². The van der Waals surface area contributed by atoms with Crippen molar-refractivity contribution < 1.29 is 9.47 Å². The van der Waals surface area contributed by atoms with Crippen molar-refractivity contribution in [1.29, 1.82) is 0 Å². The molecule has 6 rings (SSSR count). The Bertz CT molecular complexity index is 1250. The Kier molecular flexibility index (Phi) is 5.58. The van der Waals surface area contributed by atoms with E-state index in [0.29, 0.717) is 12.6 Å². The normalized spacial score (nSPS) is 17.1. The van der Waals surface area contributed by atoms with Crippen LogP contribution in [0.5, 0.6) is 11.5 Å². The van der Waals surface area contributed by atoms with Crippen molar-refractivity contribution >= 4 is 23.3 Å². The van der Waals surface area contributed by atoms with Crippen molar-refractivity contribution in [1.82, 2.24) is 9.88 Å². The number of methoxy groups -OCH3 is 1. The fraction of sp³-hybridized carbons (Fsp3) is 0.259. The number of hydrogen-bond acceptors (Lipinski definition) is 3. The minimum absolute atomic E-state index is 0. The summed E-state index contributed by atoms with van der Waals surface area (Å²) < 4.78 is 11.9. The first-order chi connectivity index (χ1) is 15.3. The molecule has 2 aliphatic rings. The van der Waals surface area contributed by atoms with E-state index in [-0.39, 0.29) is 12.4 Å². The average molecular weight is 447 g/mol. The van der Waals surface area contributed by atoms with Gasteiger partial charge in [0.1, 0.15) is 6.61 Å². The van der Waals surface area contributed by atoms with E-state index in [1.807, 2.05) is 18.2 Å². The SMILES string of the molecule is COc1cc2c(cc1OCc1ccccc1)CN1CCc3c([nH]c4ccccc34)C1C2.Cl. The lowest BCUT2D eigenvalue weighted by molar-refractivity contribution is 0.157. The first-order valence-electron chi connectivity index (χ1n) is 11.0. The summed E-state index contributed by atoms with van der Waals surface area (Å²) in [6.45, 7) is 2.58. The molecule has 0 fully saturated rings. The third kappa shape index (κ3) is 3.54. The Morgan fingerprint density at radius 1 is 0.969 bits per heavy atom. The molecule has 2 aliphatic heterocycles. The number of halogens is 1. The number of aromatic amines is 1. The zero-order chi connectivity index (χ0) is 20.8. The zero-order valence-corrected chi connectivity index (χ0v) is 19.0. The van der Waals surface area contributed by atoms with Gasteiger partial charge in [-0.2, -0.15) is 0 Å². The van der Waals surface area contributed by atoms with Crippen molar-refractivity contribution in [3.05, 3.63) is 94.7 Å². The molecule has 3 aromatic carbocycles. The van der Waals surface area contributed by atoms with E-state index in [0.717, 1.165) is 43.0 Å². The molecule has 32 heavy (non-hydrogen) atoms. The summed E-state index contributed by atoms with van der Waals surface area (Å²) in [4.78, 5) is 6.33. The molecule has 1 unspecified atom stereocenters. The third-order valence-electron chi connectivity index (χ3n) is 6.78. The molecule has 5 heteroatoms. The summed E-state index contributed by atoms with van der Waals surface area (Å²) in [6, 6.07) is 23.7. The van der Waals surface area contributed by atoms with Gasteiger partial charge >= 0.3 is 0 Å². The molecule has 0 spiro atoms. The van der Waals surface area contributed by atoms with Gasteiger partial charge in [-0.3, -0.25) is 4.90 Å². The maximum Gasteiger partial charge on any atom is 0.162 e. The minimum atomic E-state index is 0. The van der Waals surface area contributed by atoms with Gasteiger partial charge in [0.2, 0.25) is 0 Å². The first kappa shape index (κ1) is 20.9. The maximum atomic E-state index is 6.16. The summed E-state index contributed by atoms with van der Waals surface area (Å²) in [5.41, 5.74) is 8.00. The highest BCUT2D eigenvalue weighted by Crippen LogP contribution is 2.43. The number of H-pyrrole nitrogens is 1. The van der Waals surface area contributed by atoms with Gasteiger partial charge in [-0.25, -0.2) is 0 Å². The van der Waals surface area contributed by atoms with Crippen LogP contribution in [-0.4, -0.2) is 23.5 Å². The van der Waals surface area contributed by atoms with Crippen LogP contribution in [0.25, 0.3) is 10.9 Å². The Morgan fingerprint density at radius 3 is 2.59 bits per heavy atom. The maximum absolute atomic E-state index is 6.16. The molecule has 0 bridgehead atoms. The van der Waals surface area contributed by atoms with E-state index in [4.69, 9.17) is 9.47 Å². The largest absolute Gasteiger partial charge is 0.493 e. The van der Waals surface area contributed by atoms with E-state index in [9.17, 15) is 0 Å². The molecule has 4 nitrogen and oxygen atoms in total.